The van der Waals surface area contributed by atoms with Gasteiger partial charge in [-0.3, -0.25) is 0 Å². The van der Waals surface area contributed by atoms with Crippen molar-refractivity contribution in [2.45, 2.75) is 47.0 Å². The van der Waals surface area contributed by atoms with Crippen molar-refractivity contribution < 1.29 is 15.0 Å². The number of aliphatic hydroxyl groups is 1. The van der Waals surface area contributed by atoms with E-state index in [0.717, 1.165) is 30.9 Å². The summed E-state index contributed by atoms with van der Waals surface area (Å²) in [6, 6.07) is 0. The van der Waals surface area contributed by atoms with E-state index in [1.54, 1.807) is 13.0 Å². The molecule has 0 amide bonds. The molecule has 0 aromatic heterocycles. The number of aliphatic carboxylic acids is 1. The first-order valence-corrected chi connectivity index (χ1v) is 8.02. The van der Waals surface area contributed by atoms with Gasteiger partial charge in [0.05, 0.1) is 12.6 Å². The molecule has 23 heavy (non-hydrogen) atoms. The van der Waals surface area contributed by atoms with E-state index in [1.165, 1.54) is 11.1 Å². The van der Waals surface area contributed by atoms with Crippen LogP contribution in [0.4, 0.5) is 0 Å². The van der Waals surface area contributed by atoms with Crippen LogP contribution in [0.5, 0.6) is 0 Å². The monoisotopic (exact) mass is 315 g/mol. The predicted molar refractivity (Wildman–Crippen MR) is 92.5 cm³/mol. The quantitative estimate of drug-likeness (QED) is 0.604. The Kier molecular flexibility index (Phi) is 7.24. The Morgan fingerprint density at radius 2 is 2.00 bits per heavy atom. The Bertz CT molecular complexity index is 588. The van der Waals surface area contributed by atoms with Gasteiger partial charge in [0.2, 0.25) is 0 Å². The van der Waals surface area contributed by atoms with Crippen LogP contribution in [0.1, 0.15) is 47.0 Å². The summed E-state index contributed by atoms with van der Waals surface area (Å²) in [5, 5.41) is 20.2. The lowest BCUT2D eigenvalue weighted by molar-refractivity contribution is -0.297. The summed E-state index contributed by atoms with van der Waals surface area (Å²) in [6.45, 7) is 8.13. The molecule has 0 aromatic rings. The number of allylic oxidation sites excluding steroid dienone is 8. The predicted octanol–water partition coefficient (Wildman–Crippen LogP) is 3.24. The second-order valence-corrected chi connectivity index (χ2v) is 6.58. The lowest BCUT2D eigenvalue weighted by atomic mass is 9.71. The van der Waals surface area contributed by atoms with Gasteiger partial charge in [0.1, 0.15) is 0 Å². The maximum atomic E-state index is 10.4. The van der Waals surface area contributed by atoms with Crippen LogP contribution in [-0.4, -0.2) is 17.7 Å². The van der Waals surface area contributed by atoms with E-state index in [9.17, 15) is 15.0 Å². The summed E-state index contributed by atoms with van der Waals surface area (Å²) >= 11 is 0. The van der Waals surface area contributed by atoms with E-state index in [1.807, 2.05) is 25.2 Å². The van der Waals surface area contributed by atoms with Gasteiger partial charge in [-0.25, -0.2) is 0 Å². The molecule has 0 spiro atoms. The minimum atomic E-state index is -1.18. The molecular weight excluding hydrogens is 288 g/mol. The zero-order valence-electron chi connectivity index (χ0n) is 14.6. The van der Waals surface area contributed by atoms with Crippen LogP contribution >= 0.6 is 0 Å². The number of carboxylic acid groups (broad SMARTS) is 1. The minimum Gasteiger partial charge on any atom is -0.545 e. The Morgan fingerprint density at radius 1 is 1.30 bits per heavy atom. The molecule has 1 N–H and O–H groups in total. The number of carbonyl (C=O) groups is 1. The minimum absolute atomic E-state index is 0.150. The number of carboxylic acids is 1. The summed E-state index contributed by atoms with van der Waals surface area (Å²) < 4.78 is 0. The molecule has 3 nitrogen and oxygen atoms in total. The maximum absolute atomic E-state index is 10.4. The van der Waals surface area contributed by atoms with Gasteiger partial charge in [-0.15, -0.1) is 0 Å². The molecule has 3 heteroatoms. The van der Waals surface area contributed by atoms with Crippen LogP contribution in [0.2, 0.25) is 0 Å². The van der Waals surface area contributed by atoms with Crippen molar-refractivity contribution in [3.8, 4) is 0 Å². The number of rotatable bonds is 6. The van der Waals surface area contributed by atoms with Crippen molar-refractivity contribution in [3.63, 3.8) is 0 Å². The summed E-state index contributed by atoms with van der Waals surface area (Å²) in [5.41, 5.74) is 4.13. The first-order chi connectivity index (χ1) is 10.8. The molecule has 0 saturated carbocycles. The SMILES string of the molecule is CC1=C(/C=C/C(C)=C/C=C/C(C)=C/C(=O)[O-])C(C)(CO)CCC1. The van der Waals surface area contributed by atoms with Crippen LogP contribution in [0.3, 0.4) is 0 Å². The largest absolute Gasteiger partial charge is 0.545 e. The molecule has 0 aromatic carbocycles. The molecule has 0 fully saturated rings. The third-order valence-electron chi connectivity index (χ3n) is 4.32. The number of carbonyl (C=O) groups excluding carboxylic acids is 1. The topological polar surface area (TPSA) is 60.4 Å². The van der Waals surface area contributed by atoms with E-state index < -0.39 is 5.97 Å². The van der Waals surface area contributed by atoms with Gasteiger partial charge in [-0.05, 0) is 57.3 Å². The summed E-state index contributed by atoms with van der Waals surface area (Å²) in [4.78, 5) is 10.4. The average Bonchev–Trinajstić information content (AvgIpc) is 2.46. The number of hydrogen-bond acceptors (Lipinski definition) is 3. The van der Waals surface area contributed by atoms with Crippen LogP contribution < -0.4 is 5.11 Å². The fourth-order valence-electron chi connectivity index (χ4n) is 2.89. The van der Waals surface area contributed by atoms with Gasteiger partial charge in [0.15, 0.2) is 0 Å². The van der Waals surface area contributed by atoms with Crippen LogP contribution in [0, 0.1) is 5.41 Å². The van der Waals surface area contributed by atoms with Crippen LogP contribution in [0.25, 0.3) is 0 Å². The van der Waals surface area contributed by atoms with E-state index in [-0.39, 0.29) is 12.0 Å². The first kappa shape index (κ1) is 19.2. The van der Waals surface area contributed by atoms with Gasteiger partial charge in [-0.1, -0.05) is 48.5 Å². The van der Waals surface area contributed by atoms with Crippen molar-refractivity contribution >= 4 is 5.97 Å². The van der Waals surface area contributed by atoms with Gasteiger partial charge >= 0.3 is 0 Å². The summed E-state index contributed by atoms with van der Waals surface area (Å²) in [6.07, 6.45) is 13.9. The highest BCUT2D eigenvalue weighted by molar-refractivity contribution is 5.79. The lowest BCUT2D eigenvalue weighted by Gasteiger charge is -2.34. The van der Waals surface area contributed by atoms with Crippen molar-refractivity contribution in [2.24, 2.45) is 5.41 Å². The molecule has 1 atom stereocenters. The third kappa shape index (κ3) is 6.03. The molecule has 0 radical (unpaired) electrons. The van der Waals surface area contributed by atoms with Crippen molar-refractivity contribution in [2.75, 3.05) is 6.61 Å². The maximum Gasteiger partial charge on any atom is 0.0645 e. The fraction of sp³-hybridized carbons (Fsp3) is 0.450. The van der Waals surface area contributed by atoms with E-state index in [0.29, 0.717) is 5.57 Å². The molecule has 1 aliphatic rings. The van der Waals surface area contributed by atoms with Gasteiger partial charge in [-0.2, -0.15) is 0 Å². The Hall–Kier alpha value is -1.87. The van der Waals surface area contributed by atoms with Crippen LogP contribution in [0.15, 0.2) is 58.7 Å². The molecule has 0 bridgehead atoms. The normalized spacial score (nSPS) is 24.0. The standard InChI is InChI=1S/C20H28O3/c1-15(7-5-8-16(2)13-19(22)23)10-11-18-17(3)9-6-12-20(18,4)14-21/h5,7-8,10-11,13,21H,6,9,12,14H2,1-4H3,(H,22,23)/p-1/b8-5+,11-10+,15-7+,16-13+. The molecule has 1 aliphatic carbocycles. The number of hydrogen-bond donors (Lipinski definition) is 1. The zero-order valence-corrected chi connectivity index (χ0v) is 14.6. The van der Waals surface area contributed by atoms with E-state index in [4.69, 9.17) is 0 Å². The molecule has 1 unspecified atom stereocenters. The average molecular weight is 315 g/mol. The zero-order chi connectivity index (χ0) is 17.5. The third-order valence-corrected chi connectivity index (χ3v) is 4.32. The lowest BCUT2D eigenvalue weighted by Crippen LogP contribution is -2.27. The van der Waals surface area contributed by atoms with Crippen LogP contribution in [-0.2, 0) is 4.79 Å². The smallest absolute Gasteiger partial charge is 0.0645 e. The molecule has 126 valence electrons. The summed E-state index contributed by atoms with van der Waals surface area (Å²) in [7, 11) is 0. The molecule has 0 heterocycles. The van der Waals surface area contributed by atoms with Gasteiger partial charge < -0.3 is 15.0 Å². The van der Waals surface area contributed by atoms with Crippen molar-refractivity contribution in [3.05, 3.63) is 58.7 Å². The van der Waals surface area contributed by atoms with Crippen molar-refractivity contribution in [1.29, 1.82) is 0 Å². The van der Waals surface area contributed by atoms with Gasteiger partial charge in [0.25, 0.3) is 0 Å². The fourth-order valence-corrected chi connectivity index (χ4v) is 2.89. The van der Waals surface area contributed by atoms with E-state index >= 15 is 0 Å². The Labute approximate surface area is 139 Å². The highest BCUT2D eigenvalue weighted by Gasteiger charge is 2.30. The van der Waals surface area contributed by atoms with Gasteiger partial charge in [0, 0.05) is 5.41 Å². The molecular formula is C20H27O3-. The first-order valence-electron chi connectivity index (χ1n) is 8.02. The Balaban J connectivity index is 2.85. The summed E-state index contributed by atoms with van der Waals surface area (Å²) in [5.74, 6) is -1.18. The second kappa shape index (κ2) is 8.68. The molecule has 1 rings (SSSR count). The highest BCUT2D eigenvalue weighted by Crippen LogP contribution is 2.40. The molecule has 0 aliphatic heterocycles. The molecule has 0 saturated heterocycles. The highest BCUT2D eigenvalue weighted by atomic mass is 16.4. The van der Waals surface area contributed by atoms with Crippen molar-refractivity contribution in [1.82, 2.24) is 0 Å². The number of aliphatic hydroxyl groups excluding tert-OH is 1. The van der Waals surface area contributed by atoms with E-state index in [2.05, 4.69) is 19.9 Å². The Morgan fingerprint density at radius 3 is 2.61 bits per heavy atom. The second-order valence-electron chi connectivity index (χ2n) is 6.58.